The topological polar surface area (TPSA) is 270 Å². The molecule has 1 aliphatic heterocycles. The lowest BCUT2D eigenvalue weighted by atomic mass is 9.88. The van der Waals surface area contributed by atoms with Gasteiger partial charge in [0.2, 0.25) is 0 Å². The fraction of sp³-hybridized carbons (Fsp3) is 0.327. The summed E-state index contributed by atoms with van der Waals surface area (Å²) in [6.45, 7) is 6.44. The number of aromatic nitrogens is 5. The maximum Gasteiger partial charge on any atom is 0.340 e. The molecule has 2 fully saturated rings. The minimum Gasteiger partial charge on any atom is -0.465 e. The number of halogens is 3. The summed E-state index contributed by atoms with van der Waals surface area (Å²) < 4.78 is 18.3. The Kier molecular flexibility index (Phi) is 19.8. The van der Waals surface area contributed by atoms with Gasteiger partial charge in [0, 0.05) is 60.0 Å². The minimum atomic E-state index is -0.524. The molecule has 5 aromatic heterocycles. The van der Waals surface area contributed by atoms with Crippen molar-refractivity contribution in [3.05, 3.63) is 144 Å². The van der Waals surface area contributed by atoms with Gasteiger partial charge in [0.15, 0.2) is 0 Å². The van der Waals surface area contributed by atoms with E-state index in [4.69, 9.17) is 55.3 Å². The largest absolute Gasteiger partial charge is 0.465 e. The maximum absolute atomic E-state index is 11.6. The van der Waals surface area contributed by atoms with E-state index in [1.54, 1.807) is 12.3 Å². The Bertz CT molecular complexity index is 2850. The average molecular weight is 1010 g/mol. The van der Waals surface area contributed by atoms with Crippen molar-refractivity contribution >= 4 is 64.6 Å². The van der Waals surface area contributed by atoms with Crippen molar-refractivity contribution in [3.63, 3.8) is 0 Å². The monoisotopic (exact) mass is 1010 g/mol. The van der Waals surface area contributed by atoms with Gasteiger partial charge in [-0.2, -0.15) is 15.8 Å². The number of nitrogens with one attached hydrogen (secondary N) is 1. The third-order valence-corrected chi connectivity index (χ3v) is 11.6. The highest BCUT2D eigenvalue weighted by Gasteiger charge is 2.49. The van der Waals surface area contributed by atoms with Crippen LogP contribution in [0.4, 0.5) is 0 Å². The Morgan fingerprint density at radius 2 is 1.01 bits per heavy atom. The van der Waals surface area contributed by atoms with E-state index in [0.717, 1.165) is 47.6 Å². The molecule has 0 atom stereocenters. The van der Waals surface area contributed by atoms with Crippen LogP contribution in [0.15, 0.2) is 61.3 Å². The molecule has 70 heavy (non-hydrogen) atoms. The number of nitrogens with zero attached hydrogens (tertiary/aromatic N) is 8. The van der Waals surface area contributed by atoms with Gasteiger partial charge in [-0.25, -0.2) is 29.1 Å². The van der Waals surface area contributed by atoms with Crippen LogP contribution in [0.5, 0.6) is 0 Å². The van der Waals surface area contributed by atoms with E-state index in [9.17, 15) is 24.0 Å². The molecule has 0 unspecified atom stereocenters. The number of hydrogen-bond donors (Lipinski definition) is 1. The zero-order valence-electron chi connectivity index (χ0n) is 39.1. The number of amides is 1. The van der Waals surface area contributed by atoms with E-state index in [1.807, 2.05) is 39.0 Å². The Hall–Kier alpha value is -7.56. The summed E-state index contributed by atoms with van der Waals surface area (Å²) in [4.78, 5) is 76.2. The standard InChI is InChI=1S/C12H12N2O2.C11H12N2O.C10H10N2O2.C9H7ClN2O2.C7H5Cl2NO2/c1-8-5-10(12(7-13)3-4-12)9(6-14-8)11(15)16-2;1-7-4-9-8(5-12-7)10(14)13-6-11(9)2-3-11;1-7-5-8(3-4-11)9(6-12-7)10(13)14-2;1-14-9(13)7-5-12-8(10)4-6(7)2-3-11;1-12-7(11)4-3-10-6(9)2-5(4)8/h5-6H,3-4H2,1-2H3;4-5H,2-3,6H2,1H3,(H,13,14);5-6H,3H2,1-2H3;4-5H,2H2,1H3;2-3H,1H3. The van der Waals surface area contributed by atoms with Crippen LogP contribution in [0.2, 0.25) is 15.3 Å². The minimum absolute atomic E-state index is 0.0324. The van der Waals surface area contributed by atoms with Crippen LogP contribution in [0.3, 0.4) is 0 Å². The van der Waals surface area contributed by atoms with Gasteiger partial charge >= 0.3 is 23.9 Å². The van der Waals surface area contributed by atoms with Gasteiger partial charge in [-0.3, -0.25) is 19.7 Å². The number of fused-ring (bicyclic) bond motifs is 2. The number of carbonyl (C=O) groups is 5. The van der Waals surface area contributed by atoms with E-state index >= 15 is 0 Å². The Balaban J connectivity index is 0.000000191. The molecule has 2 saturated carbocycles. The van der Waals surface area contributed by atoms with Crippen molar-refractivity contribution < 1.29 is 42.9 Å². The van der Waals surface area contributed by atoms with E-state index < -0.39 is 29.3 Å². The number of carbonyl (C=O) groups excluding carboxylic acids is 5. The highest BCUT2D eigenvalue weighted by atomic mass is 35.5. The van der Waals surface area contributed by atoms with Crippen LogP contribution in [-0.2, 0) is 42.6 Å². The molecule has 362 valence electrons. The summed E-state index contributed by atoms with van der Waals surface area (Å²) in [6, 6.07) is 14.7. The summed E-state index contributed by atoms with van der Waals surface area (Å²) in [6.07, 6.45) is 11.5. The molecule has 0 radical (unpaired) electrons. The molecule has 6 heterocycles. The quantitative estimate of drug-likeness (QED) is 0.0921. The van der Waals surface area contributed by atoms with Crippen molar-refractivity contribution in [2.75, 3.05) is 35.0 Å². The summed E-state index contributed by atoms with van der Waals surface area (Å²) >= 11 is 16.8. The second kappa shape index (κ2) is 25.2. The first-order chi connectivity index (χ1) is 33.4. The highest BCUT2D eigenvalue weighted by molar-refractivity contribution is 6.36. The normalized spacial score (nSPS) is 13.4. The number of ether oxygens (including phenoxy) is 4. The maximum atomic E-state index is 11.6. The van der Waals surface area contributed by atoms with E-state index in [1.165, 1.54) is 83.8 Å². The lowest BCUT2D eigenvalue weighted by Crippen LogP contribution is -2.39. The van der Waals surface area contributed by atoms with Crippen molar-refractivity contribution in [2.45, 2.75) is 70.1 Å². The van der Waals surface area contributed by atoms with Crippen molar-refractivity contribution in [2.24, 2.45) is 0 Å². The molecule has 18 nitrogen and oxygen atoms in total. The Morgan fingerprint density at radius 1 is 0.586 bits per heavy atom. The first-order valence-electron chi connectivity index (χ1n) is 21.0. The van der Waals surface area contributed by atoms with Crippen molar-refractivity contribution in [3.8, 4) is 18.2 Å². The second-order valence-electron chi connectivity index (χ2n) is 15.7. The molecule has 0 saturated heterocycles. The van der Waals surface area contributed by atoms with Crippen LogP contribution in [0, 0.1) is 54.8 Å². The molecule has 5 aromatic rings. The molecule has 21 heteroatoms. The number of methoxy groups -OCH3 is 4. The molecular weight excluding hydrogens is 965 g/mol. The van der Waals surface area contributed by atoms with Gasteiger partial charge in [-0.1, -0.05) is 34.8 Å². The molecule has 1 amide bonds. The van der Waals surface area contributed by atoms with Gasteiger partial charge in [-0.05, 0) is 99.0 Å². The smallest absolute Gasteiger partial charge is 0.340 e. The van der Waals surface area contributed by atoms with Gasteiger partial charge in [0.1, 0.15) is 10.3 Å². The fourth-order valence-corrected chi connectivity index (χ4v) is 7.44. The van der Waals surface area contributed by atoms with E-state index in [-0.39, 0.29) is 50.6 Å². The SMILES string of the molecule is COC(=O)c1cnc(C)cc1C1(C#N)CC1.COC(=O)c1cnc(C)cc1CC#N.COC(=O)c1cnc(Cl)cc1CC#N.COC(=O)c1cnc(Cl)cc1Cl.Cc1cc2c(cn1)C(=O)NCC21CC1. The lowest BCUT2D eigenvalue weighted by Gasteiger charge is -2.25. The van der Waals surface area contributed by atoms with Crippen molar-refractivity contribution in [1.29, 1.82) is 15.8 Å². The molecular formula is C49H46Cl3N9O9. The van der Waals surface area contributed by atoms with Crippen LogP contribution in [0.25, 0.3) is 0 Å². The number of aryl methyl sites for hydroxylation is 3. The summed E-state index contributed by atoms with van der Waals surface area (Å²) in [5, 5.41) is 29.9. The average Bonchev–Trinajstić information content (AvgIpc) is 4.30. The van der Waals surface area contributed by atoms with Gasteiger partial charge < -0.3 is 24.3 Å². The van der Waals surface area contributed by atoms with Crippen LogP contribution in [-0.4, -0.2) is 89.7 Å². The Morgan fingerprint density at radius 3 is 1.50 bits per heavy atom. The van der Waals surface area contributed by atoms with E-state index in [2.05, 4.69) is 56.6 Å². The predicted octanol–water partition coefficient (Wildman–Crippen LogP) is 7.90. The van der Waals surface area contributed by atoms with Crippen molar-refractivity contribution in [1.82, 2.24) is 30.2 Å². The summed E-state index contributed by atoms with van der Waals surface area (Å²) in [7, 11) is 5.18. The van der Waals surface area contributed by atoms with Crippen LogP contribution in [0.1, 0.15) is 117 Å². The van der Waals surface area contributed by atoms with Gasteiger partial charge in [-0.15, -0.1) is 0 Å². The van der Waals surface area contributed by atoms with E-state index in [0.29, 0.717) is 22.3 Å². The molecule has 2 aliphatic carbocycles. The van der Waals surface area contributed by atoms with Gasteiger partial charge in [0.25, 0.3) is 5.91 Å². The summed E-state index contributed by atoms with van der Waals surface area (Å²) in [5.74, 6) is -1.89. The molecule has 1 N–H and O–H groups in total. The van der Waals surface area contributed by atoms with Crippen LogP contribution < -0.4 is 5.32 Å². The summed E-state index contributed by atoms with van der Waals surface area (Å²) in [5.41, 5.74) is 7.56. The highest BCUT2D eigenvalue weighted by Crippen LogP contribution is 2.50. The zero-order chi connectivity index (χ0) is 51.8. The number of pyridine rings is 5. The fourth-order valence-electron chi connectivity index (χ4n) is 6.81. The molecule has 1 spiro atoms. The Labute approximate surface area is 418 Å². The number of rotatable bonds is 7. The first kappa shape index (κ1) is 55.0. The predicted molar refractivity (Wildman–Crippen MR) is 254 cm³/mol. The van der Waals surface area contributed by atoms with Crippen LogP contribution >= 0.6 is 34.8 Å². The third kappa shape index (κ3) is 14.2. The molecule has 0 aromatic carbocycles. The lowest BCUT2D eigenvalue weighted by molar-refractivity contribution is 0.0589. The molecule has 8 rings (SSSR count). The number of hydrogen-bond acceptors (Lipinski definition) is 17. The van der Waals surface area contributed by atoms with Gasteiger partial charge in [0.05, 0.1) is 97.7 Å². The number of nitriles is 3. The zero-order valence-corrected chi connectivity index (χ0v) is 41.4. The second-order valence-corrected chi connectivity index (χ2v) is 16.9. The number of esters is 4. The third-order valence-electron chi connectivity index (χ3n) is 10.9. The first-order valence-corrected chi connectivity index (χ1v) is 22.1. The molecule has 3 aliphatic rings. The molecule has 0 bridgehead atoms.